The Labute approximate surface area is 101 Å². The van der Waals surface area contributed by atoms with Gasteiger partial charge in [0.2, 0.25) is 5.95 Å². The maximum absolute atomic E-state index is 5.32. The molecule has 0 spiro atoms. The van der Waals surface area contributed by atoms with Gasteiger partial charge < -0.3 is 9.64 Å². The highest BCUT2D eigenvalue weighted by Gasteiger charge is 2.17. The Morgan fingerprint density at radius 3 is 2.65 bits per heavy atom. The summed E-state index contributed by atoms with van der Waals surface area (Å²) < 4.78 is 5.32. The highest BCUT2D eigenvalue weighted by Crippen LogP contribution is 2.13. The van der Waals surface area contributed by atoms with Crippen molar-refractivity contribution in [1.29, 1.82) is 0 Å². The van der Waals surface area contributed by atoms with Gasteiger partial charge in [-0.25, -0.2) is 0 Å². The molecule has 0 radical (unpaired) electrons. The number of aromatic nitrogens is 3. The number of hydrogen-bond donors (Lipinski definition) is 1. The third-order valence-corrected chi connectivity index (χ3v) is 3.39. The molecule has 0 unspecified atom stereocenters. The van der Waals surface area contributed by atoms with Crippen LogP contribution in [-0.2, 0) is 11.3 Å². The lowest BCUT2D eigenvalue weighted by molar-refractivity contribution is 0.122. The molecule has 0 atom stereocenters. The highest BCUT2D eigenvalue weighted by molar-refractivity contribution is 5.28. The topological polar surface area (TPSA) is 57.3 Å². The van der Waals surface area contributed by atoms with Gasteiger partial charge in [-0.05, 0) is 25.9 Å². The van der Waals surface area contributed by atoms with E-state index >= 15 is 0 Å². The van der Waals surface area contributed by atoms with Crippen LogP contribution < -0.4 is 4.90 Å². The molecule has 1 N–H and O–H groups in total. The van der Waals surface area contributed by atoms with Crippen LogP contribution in [0.5, 0.6) is 0 Å². The van der Waals surface area contributed by atoms with Crippen molar-refractivity contribution in [3.8, 4) is 0 Å². The Morgan fingerprint density at radius 2 is 1.88 bits per heavy atom. The lowest BCUT2D eigenvalue weighted by atomic mass is 10.4. The fourth-order valence-corrected chi connectivity index (χ4v) is 2.41. The minimum Gasteiger partial charge on any atom is -0.378 e. The molecule has 0 amide bonds. The van der Waals surface area contributed by atoms with Crippen LogP contribution in [0.4, 0.5) is 5.95 Å². The van der Waals surface area contributed by atoms with Gasteiger partial charge >= 0.3 is 0 Å². The molecule has 3 heterocycles. The lowest BCUT2D eigenvalue weighted by Crippen LogP contribution is -2.36. The first-order chi connectivity index (χ1) is 8.42. The average molecular weight is 237 g/mol. The Hall–Kier alpha value is -1.14. The first kappa shape index (κ1) is 11.0. The Bertz CT molecular complexity index is 354. The van der Waals surface area contributed by atoms with Crippen molar-refractivity contribution in [3.05, 3.63) is 5.82 Å². The molecule has 2 aliphatic rings. The van der Waals surface area contributed by atoms with Crippen LogP contribution >= 0.6 is 0 Å². The van der Waals surface area contributed by atoms with Crippen LogP contribution in [-0.4, -0.2) is 59.5 Å². The zero-order valence-corrected chi connectivity index (χ0v) is 10.1. The number of nitrogens with one attached hydrogen (secondary N) is 1. The summed E-state index contributed by atoms with van der Waals surface area (Å²) in [6, 6.07) is 0. The van der Waals surface area contributed by atoms with E-state index < -0.39 is 0 Å². The highest BCUT2D eigenvalue weighted by atomic mass is 16.5. The number of morpholine rings is 1. The van der Waals surface area contributed by atoms with Crippen molar-refractivity contribution >= 4 is 5.95 Å². The summed E-state index contributed by atoms with van der Waals surface area (Å²) in [4.78, 5) is 9.15. The summed E-state index contributed by atoms with van der Waals surface area (Å²) in [6.07, 6.45) is 2.62. The van der Waals surface area contributed by atoms with E-state index in [4.69, 9.17) is 4.74 Å². The van der Waals surface area contributed by atoms with Gasteiger partial charge in [-0.1, -0.05) is 0 Å². The van der Waals surface area contributed by atoms with Crippen LogP contribution in [0.2, 0.25) is 0 Å². The fraction of sp³-hybridized carbons (Fsp3) is 0.818. The number of rotatable bonds is 3. The van der Waals surface area contributed by atoms with E-state index in [9.17, 15) is 0 Å². The number of nitrogens with zero attached hydrogens (tertiary/aromatic N) is 4. The Kier molecular flexibility index (Phi) is 3.24. The summed E-state index contributed by atoms with van der Waals surface area (Å²) in [5.41, 5.74) is 0. The smallest absolute Gasteiger partial charge is 0.244 e. The minimum atomic E-state index is 0.774. The van der Waals surface area contributed by atoms with Crippen molar-refractivity contribution in [2.75, 3.05) is 44.3 Å². The van der Waals surface area contributed by atoms with E-state index in [1.165, 1.54) is 25.9 Å². The number of hydrogen-bond acceptors (Lipinski definition) is 5. The minimum absolute atomic E-state index is 0.774. The second-order valence-corrected chi connectivity index (χ2v) is 4.66. The molecule has 1 aromatic rings. The molecule has 3 rings (SSSR count). The Morgan fingerprint density at radius 1 is 1.12 bits per heavy atom. The molecule has 17 heavy (non-hydrogen) atoms. The van der Waals surface area contributed by atoms with E-state index in [1.54, 1.807) is 0 Å². The number of anilines is 1. The Balaban J connectivity index is 1.60. The lowest BCUT2D eigenvalue weighted by Gasteiger charge is -2.25. The summed E-state index contributed by atoms with van der Waals surface area (Å²) in [6.45, 7) is 6.60. The largest absolute Gasteiger partial charge is 0.378 e. The van der Waals surface area contributed by atoms with Gasteiger partial charge in [-0.2, -0.15) is 4.98 Å². The van der Waals surface area contributed by atoms with Gasteiger partial charge in [0.25, 0.3) is 0 Å². The SMILES string of the molecule is C1CCN(Cc2nc(N3CCOCC3)n[nH]2)C1. The third kappa shape index (κ3) is 2.58. The van der Waals surface area contributed by atoms with Crippen molar-refractivity contribution in [2.24, 2.45) is 0 Å². The maximum Gasteiger partial charge on any atom is 0.244 e. The van der Waals surface area contributed by atoms with E-state index in [0.29, 0.717) is 0 Å². The van der Waals surface area contributed by atoms with E-state index in [-0.39, 0.29) is 0 Å². The van der Waals surface area contributed by atoms with Crippen molar-refractivity contribution in [1.82, 2.24) is 20.1 Å². The van der Waals surface area contributed by atoms with Crippen LogP contribution in [0, 0.1) is 0 Å². The predicted molar refractivity (Wildman–Crippen MR) is 63.9 cm³/mol. The quantitative estimate of drug-likeness (QED) is 0.816. The molecule has 6 heteroatoms. The van der Waals surface area contributed by atoms with Crippen LogP contribution in [0.3, 0.4) is 0 Å². The van der Waals surface area contributed by atoms with E-state index in [1.807, 2.05) is 0 Å². The first-order valence-corrected chi connectivity index (χ1v) is 6.38. The third-order valence-electron chi connectivity index (χ3n) is 3.39. The molecule has 6 nitrogen and oxygen atoms in total. The molecule has 0 saturated carbocycles. The molecule has 0 aliphatic carbocycles. The number of likely N-dealkylation sites (tertiary alicyclic amines) is 1. The van der Waals surface area contributed by atoms with Crippen LogP contribution in [0.1, 0.15) is 18.7 Å². The molecule has 2 saturated heterocycles. The van der Waals surface area contributed by atoms with Gasteiger partial charge in [-0.3, -0.25) is 10.00 Å². The molecule has 1 aromatic heterocycles. The zero-order valence-electron chi connectivity index (χ0n) is 10.1. The molecule has 94 valence electrons. The van der Waals surface area contributed by atoms with Crippen molar-refractivity contribution < 1.29 is 4.74 Å². The molecule has 0 aromatic carbocycles. The standard InChI is InChI=1S/C11H19N5O/c1-2-4-15(3-1)9-10-12-11(14-13-10)16-5-7-17-8-6-16/h1-9H2,(H,12,13,14). The van der Waals surface area contributed by atoms with Gasteiger partial charge in [-0.15, -0.1) is 5.10 Å². The zero-order chi connectivity index (χ0) is 11.5. The van der Waals surface area contributed by atoms with E-state index in [2.05, 4.69) is 25.0 Å². The molecule has 2 fully saturated rings. The molecule has 2 aliphatic heterocycles. The summed E-state index contributed by atoms with van der Waals surface area (Å²) in [7, 11) is 0. The van der Waals surface area contributed by atoms with Crippen LogP contribution in [0.15, 0.2) is 0 Å². The van der Waals surface area contributed by atoms with Gasteiger partial charge in [0.05, 0.1) is 19.8 Å². The second kappa shape index (κ2) is 5.01. The summed E-state index contributed by atoms with van der Waals surface area (Å²) in [5.74, 6) is 1.80. The molecule has 0 bridgehead atoms. The predicted octanol–water partition coefficient (Wildman–Crippen LogP) is 0.237. The van der Waals surface area contributed by atoms with Crippen molar-refractivity contribution in [2.45, 2.75) is 19.4 Å². The van der Waals surface area contributed by atoms with Gasteiger partial charge in [0.1, 0.15) is 5.82 Å². The average Bonchev–Trinajstić information content (AvgIpc) is 3.02. The summed E-state index contributed by atoms with van der Waals surface area (Å²) >= 11 is 0. The summed E-state index contributed by atoms with van der Waals surface area (Å²) in [5, 5.41) is 7.33. The normalized spacial score (nSPS) is 22.2. The van der Waals surface area contributed by atoms with Gasteiger partial charge in [0.15, 0.2) is 0 Å². The number of aromatic amines is 1. The molecular weight excluding hydrogens is 218 g/mol. The fourth-order valence-electron chi connectivity index (χ4n) is 2.41. The van der Waals surface area contributed by atoms with Gasteiger partial charge in [0, 0.05) is 13.1 Å². The number of H-pyrrole nitrogens is 1. The monoisotopic (exact) mass is 237 g/mol. The number of ether oxygens (including phenoxy) is 1. The van der Waals surface area contributed by atoms with Crippen LogP contribution in [0.25, 0.3) is 0 Å². The van der Waals surface area contributed by atoms with E-state index in [0.717, 1.165) is 44.6 Å². The molecular formula is C11H19N5O. The second-order valence-electron chi connectivity index (χ2n) is 4.66. The van der Waals surface area contributed by atoms with Crippen molar-refractivity contribution in [3.63, 3.8) is 0 Å². The maximum atomic E-state index is 5.32. The first-order valence-electron chi connectivity index (χ1n) is 6.38.